The number of rotatable bonds is 4. The van der Waals surface area contributed by atoms with E-state index < -0.39 is 6.10 Å². The third-order valence-electron chi connectivity index (χ3n) is 5.72. The number of nitrogens with zero attached hydrogens (tertiary/aromatic N) is 2. The number of benzene rings is 2. The van der Waals surface area contributed by atoms with Crippen molar-refractivity contribution in [3.8, 4) is 5.75 Å². The predicted molar refractivity (Wildman–Crippen MR) is 112 cm³/mol. The predicted octanol–water partition coefficient (Wildman–Crippen LogP) is 2.39. The monoisotopic (exact) mass is 393 g/mol. The Morgan fingerprint density at radius 1 is 1.00 bits per heavy atom. The summed E-state index contributed by atoms with van der Waals surface area (Å²) in [7, 11) is 0. The fourth-order valence-corrected chi connectivity index (χ4v) is 4.04. The van der Waals surface area contributed by atoms with Gasteiger partial charge in [0.15, 0.2) is 6.10 Å². The number of piperazine rings is 1. The number of ether oxygens (including phenoxy) is 1. The first kappa shape index (κ1) is 19.5. The first-order valence-corrected chi connectivity index (χ1v) is 10.1. The molecule has 2 amide bonds. The Morgan fingerprint density at radius 3 is 2.38 bits per heavy atom. The number of fused-ring (bicyclic) bond motifs is 1. The van der Waals surface area contributed by atoms with Crippen LogP contribution in [0.1, 0.15) is 16.7 Å². The van der Waals surface area contributed by atoms with Crippen LogP contribution in [0.3, 0.4) is 0 Å². The smallest absolute Gasteiger partial charge is 0.264 e. The van der Waals surface area contributed by atoms with Crippen LogP contribution >= 0.6 is 0 Å². The Bertz CT molecular complexity index is 874. The lowest BCUT2D eigenvalue weighted by molar-refractivity contribution is -0.139. The van der Waals surface area contributed by atoms with E-state index in [1.165, 1.54) is 0 Å². The number of para-hydroxylation sites is 2. The molecular formula is C23H27N3O3. The van der Waals surface area contributed by atoms with Gasteiger partial charge in [-0.2, -0.15) is 0 Å². The van der Waals surface area contributed by atoms with Gasteiger partial charge in [0.1, 0.15) is 5.75 Å². The highest BCUT2D eigenvalue weighted by Crippen LogP contribution is 2.29. The van der Waals surface area contributed by atoms with Gasteiger partial charge in [-0.05, 0) is 36.6 Å². The van der Waals surface area contributed by atoms with Gasteiger partial charge in [0.05, 0.1) is 6.54 Å². The summed E-state index contributed by atoms with van der Waals surface area (Å²) in [6.45, 7) is 6.93. The summed E-state index contributed by atoms with van der Waals surface area (Å²) in [6.07, 6.45) is 0.208. The largest absolute Gasteiger partial charge is 0.480 e. The second-order valence-corrected chi connectivity index (χ2v) is 7.83. The lowest BCUT2D eigenvalue weighted by Crippen LogP contribution is -2.53. The molecule has 1 unspecified atom stereocenters. The molecule has 1 saturated heterocycles. The molecule has 1 atom stereocenters. The molecule has 0 bridgehead atoms. The highest BCUT2D eigenvalue weighted by atomic mass is 16.5. The highest BCUT2D eigenvalue weighted by Gasteiger charge is 2.33. The summed E-state index contributed by atoms with van der Waals surface area (Å²) in [5, 5.41) is 3.03. The van der Waals surface area contributed by atoms with Gasteiger partial charge in [-0.1, -0.05) is 36.4 Å². The third-order valence-corrected chi connectivity index (χ3v) is 5.72. The second-order valence-electron chi connectivity index (χ2n) is 7.83. The zero-order valence-electron chi connectivity index (χ0n) is 17.0. The van der Waals surface area contributed by atoms with Crippen LogP contribution in [0.4, 0.5) is 5.69 Å². The Labute approximate surface area is 171 Å². The molecule has 6 heteroatoms. The Kier molecular flexibility index (Phi) is 5.53. The minimum Gasteiger partial charge on any atom is -0.480 e. The highest BCUT2D eigenvalue weighted by molar-refractivity contribution is 5.93. The SMILES string of the molecule is Cc1cccc(C)c1NC(=O)CN1CCN(C(=O)C2Cc3ccccc3O2)CC1. The van der Waals surface area contributed by atoms with Gasteiger partial charge in [-0.25, -0.2) is 0 Å². The fourth-order valence-electron chi connectivity index (χ4n) is 4.04. The standard InChI is InChI=1S/C23H27N3O3/c1-16-6-5-7-17(2)22(16)24-21(27)15-25-10-12-26(13-11-25)23(28)20-14-18-8-3-4-9-19(18)29-20/h3-9,20H,10-15H2,1-2H3,(H,24,27). The topological polar surface area (TPSA) is 61.9 Å². The van der Waals surface area contributed by atoms with E-state index in [1.54, 1.807) is 0 Å². The van der Waals surface area contributed by atoms with Crippen LogP contribution in [0, 0.1) is 13.8 Å². The lowest BCUT2D eigenvalue weighted by atomic mass is 10.1. The van der Waals surface area contributed by atoms with Gasteiger partial charge in [-0.15, -0.1) is 0 Å². The molecule has 0 aliphatic carbocycles. The number of carbonyl (C=O) groups excluding carboxylic acids is 2. The van der Waals surface area contributed by atoms with E-state index in [2.05, 4.69) is 10.2 Å². The molecule has 1 fully saturated rings. The van der Waals surface area contributed by atoms with Crippen molar-refractivity contribution in [2.24, 2.45) is 0 Å². The third kappa shape index (κ3) is 4.27. The molecule has 2 aromatic rings. The maximum Gasteiger partial charge on any atom is 0.264 e. The van der Waals surface area contributed by atoms with Crippen molar-refractivity contribution in [1.29, 1.82) is 0 Å². The number of anilines is 1. The zero-order valence-corrected chi connectivity index (χ0v) is 17.0. The van der Waals surface area contributed by atoms with Crippen molar-refractivity contribution >= 4 is 17.5 Å². The van der Waals surface area contributed by atoms with E-state index in [0.29, 0.717) is 39.1 Å². The lowest BCUT2D eigenvalue weighted by Gasteiger charge is -2.35. The molecule has 2 heterocycles. The van der Waals surface area contributed by atoms with Crippen molar-refractivity contribution in [3.63, 3.8) is 0 Å². The number of amides is 2. The van der Waals surface area contributed by atoms with Crippen molar-refractivity contribution in [1.82, 2.24) is 9.80 Å². The number of nitrogens with one attached hydrogen (secondary N) is 1. The number of hydrogen-bond donors (Lipinski definition) is 1. The van der Waals surface area contributed by atoms with Crippen LogP contribution in [0.2, 0.25) is 0 Å². The Balaban J connectivity index is 1.26. The molecule has 29 heavy (non-hydrogen) atoms. The van der Waals surface area contributed by atoms with Crippen LogP contribution in [-0.2, 0) is 16.0 Å². The molecule has 2 aliphatic heterocycles. The van der Waals surface area contributed by atoms with Gasteiger partial charge < -0.3 is 15.0 Å². The zero-order chi connectivity index (χ0) is 20.4. The van der Waals surface area contributed by atoms with Gasteiger partial charge in [0.25, 0.3) is 5.91 Å². The van der Waals surface area contributed by atoms with Gasteiger partial charge in [0, 0.05) is 38.3 Å². The summed E-state index contributed by atoms with van der Waals surface area (Å²) in [6, 6.07) is 13.8. The molecule has 0 aromatic heterocycles. The summed E-state index contributed by atoms with van der Waals surface area (Å²) in [4.78, 5) is 29.3. The number of carbonyl (C=O) groups is 2. The van der Waals surface area contributed by atoms with Gasteiger partial charge in [0.2, 0.25) is 5.91 Å². The Hall–Kier alpha value is -2.86. The summed E-state index contributed by atoms with van der Waals surface area (Å²) >= 11 is 0. The maximum atomic E-state index is 12.8. The van der Waals surface area contributed by atoms with Crippen molar-refractivity contribution in [2.45, 2.75) is 26.4 Å². The quantitative estimate of drug-likeness (QED) is 0.867. The van der Waals surface area contributed by atoms with E-state index >= 15 is 0 Å². The van der Waals surface area contributed by atoms with Crippen LogP contribution in [0.5, 0.6) is 5.75 Å². The van der Waals surface area contributed by atoms with Crippen LogP contribution in [0.25, 0.3) is 0 Å². The first-order valence-electron chi connectivity index (χ1n) is 10.1. The minimum absolute atomic E-state index is 0.0169. The molecule has 1 N–H and O–H groups in total. The summed E-state index contributed by atoms with van der Waals surface area (Å²) in [5.41, 5.74) is 4.11. The molecule has 0 spiro atoms. The minimum atomic E-state index is -0.425. The molecule has 2 aliphatic rings. The van der Waals surface area contributed by atoms with Gasteiger partial charge in [-0.3, -0.25) is 14.5 Å². The van der Waals surface area contributed by atoms with E-state index in [1.807, 2.05) is 61.2 Å². The molecule has 4 rings (SSSR count). The fraction of sp³-hybridized carbons (Fsp3) is 0.391. The summed E-state index contributed by atoms with van der Waals surface area (Å²) < 4.78 is 5.83. The van der Waals surface area contributed by atoms with E-state index in [9.17, 15) is 9.59 Å². The van der Waals surface area contributed by atoms with Crippen molar-refractivity contribution < 1.29 is 14.3 Å². The van der Waals surface area contributed by atoms with Crippen molar-refractivity contribution in [2.75, 3.05) is 38.0 Å². The van der Waals surface area contributed by atoms with E-state index in [0.717, 1.165) is 28.1 Å². The molecule has 0 radical (unpaired) electrons. The molecular weight excluding hydrogens is 366 g/mol. The molecule has 2 aromatic carbocycles. The molecule has 152 valence electrons. The number of hydrogen-bond acceptors (Lipinski definition) is 4. The van der Waals surface area contributed by atoms with Gasteiger partial charge >= 0.3 is 0 Å². The van der Waals surface area contributed by atoms with E-state index in [4.69, 9.17) is 4.74 Å². The average Bonchev–Trinajstić information content (AvgIpc) is 3.15. The average molecular weight is 393 g/mol. The number of aryl methyl sites for hydroxylation is 2. The normalized spacial score (nSPS) is 18.8. The summed E-state index contributed by atoms with van der Waals surface area (Å²) in [5.74, 6) is 0.838. The van der Waals surface area contributed by atoms with Crippen LogP contribution < -0.4 is 10.1 Å². The second kappa shape index (κ2) is 8.25. The maximum absolute atomic E-state index is 12.8. The Morgan fingerprint density at radius 2 is 1.69 bits per heavy atom. The van der Waals surface area contributed by atoms with E-state index in [-0.39, 0.29) is 11.8 Å². The first-order chi connectivity index (χ1) is 14.0. The van der Waals surface area contributed by atoms with Crippen LogP contribution in [-0.4, -0.2) is 60.4 Å². The van der Waals surface area contributed by atoms with Crippen LogP contribution in [0.15, 0.2) is 42.5 Å². The molecule has 6 nitrogen and oxygen atoms in total. The molecule has 0 saturated carbocycles. The van der Waals surface area contributed by atoms with Crippen molar-refractivity contribution in [3.05, 3.63) is 59.2 Å².